The monoisotopic (exact) mass is 665 g/mol. The number of para-hydroxylation sites is 2. The first-order chi connectivity index (χ1) is 25.8. The van der Waals surface area contributed by atoms with Crippen molar-refractivity contribution in [3.8, 4) is 17.2 Å². The van der Waals surface area contributed by atoms with Crippen LogP contribution in [0.4, 0.5) is 0 Å². The smallest absolute Gasteiger partial charge is 0.238 e. The Morgan fingerprint density at radius 1 is 0.346 bits per heavy atom. The van der Waals surface area contributed by atoms with Gasteiger partial charge in [-0.3, -0.25) is 4.57 Å². The van der Waals surface area contributed by atoms with Gasteiger partial charge in [0.2, 0.25) is 11.7 Å². The molecule has 0 saturated carbocycles. The van der Waals surface area contributed by atoms with E-state index in [1.165, 1.54) is 10.8 Å². The standard InChI is InChI=1S/C46H23N3O3/c1-2-11-25-24(10-1)26-14-7-17-31-39(26)42-32(22-23-37-43(42)40-27(25)15-8-21-36(40)51-37)49(31)46-47-44(41-29-13-4-6-19-34(29)52-45(41)48-46)30-16-9-20-35-38(30)28-12-3-5-18-33(28)50-35/h1-23H. The SMILES string of the molecule is c1ccc2c(c1)oc1cccc(-c3nc(-n4c5cccc6c7ccccc7c7cccc8oc9ccc4c(c9c87)c65)nc4oc5ccccc5c34)c12. The predicted molar refractivity (Wildman–Crippen MR) is 210 cm³/mol. The van der Waals surface area contributed by atoms with Crippen LogP contribution >= 0.6 is 0 Å². The van der Waals surface area contributed by atoms with Crippen molar-refractivity contribution < 1.29 is 13.3 Å². The Hall–Kier alpha value is -7.18. The molecular weight excluding hydrogens is 643 g/mol. The van der Waals surface area contributed by atoms with Crippen LogP contribution in [-0.2, 0) is 0 Å². The number of hydrogen-bond acceptors (Lipinski definition) is 5. The minimum absolute atomic E-state index is 0.531. The quantitative estimate of drug-likeness (QED) is 0.184. The van der Waals surface area contributed by atoms with Gasteiger partial charge < -0.3 is 13.3 Å². The van der Waals surface area contributed by atoms with Gasteiger partial charge in [0.05, 0.1) is 22.1 Å². The van der Waals surface area contributed by atoms with Gasteiger partial charge >= 0.3 is 0 Å². The molecule has 0 N–H and O–H groups in total. The van der Waals surface area contributed by atoms with Gasteiger partial charge in [-0.05, 0) is 64.0 Å². The Labute approximate surface area is 293 Å². The van der Waals surface area contributed by atoms with Gasteiger partial charge in [0.25, 0.3) is 0 Å². The van der Waals surface area contributed by atoms with Crippen molar-refractivity contribution in [2.75, 3.05) is 0 Å². The molecule has 0 aliphatic heterocycles. The molecule has 0 fully saturated rings. The lowest BCUT2D eigenvalue weighted by molar-refractivity contribution is 0.651. The number of benzene rings is 7. The first kappa shape index (κ1) is 26.7. The molecule has 6 nitrogen and oxygen atoms in total. The van der Waals surface area contributed by atoms with Crippen molar-refractivity contribution in [2.45, 2.75) is 0 Å². The zero-order chi connectivity index (χ0) is 33.7. The summed E-state index contributed by atoms with van der Waals surface area (Å²) in [4.78, 5) is 10.8. The van der Waals surface area contributed by atoms with Gasteiger partial charge in [-0.1, -0.05) is 97.1 Å². The Balaban J connectivity index is 1.25. The normalized spacial score (nSPS) is 12.6. The lowest BCUT2D eigenvalue weighted by atomic mass is 9.95. The zero-order valence-electron chi connectivity index (χ0n) is 27.3. The fourth-order valence-electron chi connectivity index (χ4n) is 8.95. The third-order valence-electron chi connectivity index (χ3n) is 11.0. The van der Waals surface area contributed by atoms with Crippen LogP contribution in [0.5, 0.6) is 0 Å². The van der Waals surface area contributed by atoms with Crippen LogP contribution in [0.15, 0.2) is 153 Å². The second-order valence-electron chi connectivity index (χ2n) is 13.6. The van der Waals surface area contributed by atoms with Crippen molar-refractivity contribution in [2.24, 2.45) is 0 Å². The number of furan rings is 3. The molecule has 52 heavy (non-hydrogen) atoms. The lowest BCUT2D eigenvalue weighted by Gasteiger charge is -2.10. The molecule has 6 heteroatoms. The summed E-state index contributed by atoms with van der Waals surface area (Å²) >= 11 is 0. The molecule has 240 valence electrons. The summed E-state index contributed by atoms with van der Waals surface area (Å²) in [6, 6.07) is 48.3. The molecule has 0 atom stereocenters. The fourth-order valence-corrected chi connectivity index (χ4v) is 8.95. The molecule has 5 aromatic heterocycles. The third-order valence-corrected chi connectivity index (χ3v) is 11.0. The maximum atomic E-state index is 6.58. The molecule has 0 radical (unpaired) electrons. The third kappa shape index (κ3) is 3.21. The largest absolute Gasteiger partial charge is 0.456 e. The Kier molecular flexibility index (Phi) is 4.78. The summed E-state index contributed by atoms with van der Waals surface area (Å²) < 4.78 is 21.7. The Bertz CT molecular complexity index is 3650. The van der Waals surface area contributed by atoms with E-state index in [1.54, 1.807) is 0 Å². The van der Waals surface area contributed by atoms with E-state index in [4.69, 9.17) is 23.2 Å². The van der Waals surface area contributed by atoms with E-state index in [0.29, 0.717) is 11.7 Å². The first-order valence-corrected chi connectivity index (χ1v) is 17.4. The highest BCUT2D eigenvalue weighted by Gasteiger charge is 2.26. The van der Waals surface area contributed by atoms with Gasteiger partial charge in [0.15, 0.2) is 0 Å². The molecule has 0 saturated heterocycles. The molecule has 13 rings (SSSR count). The molecule has 5 heterocycles. The molecule has 0 spiro atoms. The minimum Gasteiger partial charge on any atom is -0.456 e. The number of hydrogen-bond donors (Lipinski definition) is 0. The van der Waals surface area contributed by atoms with Crippen molar-refractivity contribution in [1.82, 2.24) is 14.5 Å². The Morgan fingerprint density at radius 3 is 1.71 bits per heavy atom. The van der Waals surface area contributed by atoms with Gasteiger partial charge in [-0.15, -0.1) is 0 Å². The lowest BCUT2D eigenvalue weighted by Crippen LogP contribution is -2.03. The summed E-state index contributed by atoms with van der Waals surface area (Å²) in [5.41, 5.74) is 8.44. The predicted octanol–water partition coefficient (Wildman–Crippen LogP) is 12.7. The summed E-state index contributed by atoms with van der Waals surface area (Å²) in [7, 11) is 0. The summed E-state index contributed by atoms with van der Waals surface area (Å²) in [5, 5.41) is 13.1. The molecule has 0 bridgehead atoms. The van der Waals surface area contributed by atoms with Crippen molar-refractivity contribution in [1.29, 1.82) is 0 Å². The second kappa shape index (κ2) is 9.33. The Morgan fingerprint density at radius 2 is 0.904 bits per heavy atom. The number of fused-ring (bicyclic) bond motifs is 9. The van der Waals surface area contributed by atoms with Gasteiger partial charge in [-0.25, -0.2) is 4.98 Å². The van der Waals surface area contributed by atoms with Crippen LogP contribution in [0, 0.1) is 0 Å². The summed E-state index contributed by atoms with van der Waals surface area (Å²) in [6.45, 7) is 0. The molecule has 0 amide bonds. The van der Waals surface area contributed by atoms with Gasteiger partial charge in [-0.2, -0.15) is 4.98 Å². The van der Waals surface area contributed by atoms with Crippen LogP contribution < -0.4 is 0 Å². The molecule has 8 aromatic carbocycles. The number of aromatic nitrogens is 3. The highest BCUT2D eigenvalue weighted by Crippen LogP contribution is 2.47. The van der Waals surface area contributed by atoms with E-state index in [2.05, 4.69) is 102 Å². The van der Waals surface area contributed by atoms with Crippen LogP contribution in [0.25, 0.3) is 127 Å². The van der Waals surface area contributed by atoms with E-state index in [0.717, 1.165) is 104 Å². The van der Waals surface area contributed by atoms with E-state index in [9.17, 15) is 0 Å². The van der Waals surface area contributed by atoms with Gasteiger partial charge in [0.1, 0.15) is 27.9 Å². The summed E-state index contributed by atoms with van der Waals surface area (Å²) in [6.07, 6.45) is 0. The van der Waals surface area contributed by atoms with E-state index in [-0.39, 0.29) is 0 Å². The molecule has 13 aromatic rings. The van der Waals surface area contributed by atoms with Crippen LogP contribution in [0.1, 0.15) is 0 Å². The van der Waals surface area contributed by atoms with Gasteiger partial charge in [0, 0.05) is 43.3 Å². The molecule has 0 aliphatic rings. The van der Waals surface area contributed by atoms with Crippen molar-refractivity contribution in [3.05, 3.63) is 140 Å². The van der Waals surface area contributed by atoms with Crippen LogP contribution in [-0.4, -0.2) is 14.5 Å². The highest BCUT2D eigenvalue weighted by molar-refractivity contribution is 6.38. The number of rotatable bonds is 2. The van der Waals surface area contributed by atoms with E-state index < -0.39 is 0 Å². The molecule has 0 unspecified atom stereocenters. The fraction of sp³-hybridized carbons (Fsp3) is 0. The molecule has 0 aliphatic carbocycles. The topological polar surface area (TPSA) is 70.1 Å². The average molecular weight is 666 g/mol. The zero-order valence-corrected chi connectivity index (χ0v) is 27.3. The molecular formula is C46H23N3O3. The maximum Gasteiger partial charge on any atom is 0.238 e. The van der Waals surface area contributed by atoms with E-state index in [1.807, 2.05) is 42.5 Å². The highest BCUT2D eigenvalue weighted by atomic mass is 16.3. The van der Waals surface area contributed by atoms with Crippen molar-refractivity contribution in [3.63, 3.8) is 0 Å². The van der Waals surface area contributed by atoms with Crippen LogP contribution in [0.3, 0.4) is 0 Å². The van der Waals surface area contributed by atoms with Crippen molar-refractivity contribution >= 4 is 109 Å². The second-order valence-corrected chi connectivity index (χ2v) is 13.6. The van der Waals surface area contributed by atoms with Crippen LogP contribution in [0.2, 0.25) is 0 Å². The average Bonchev–Trinajstić information content (AvgIpc) is 3.95. The first-order valence-electron chi connectivity index (χ1n) is 17.4. The number of nitrogens with zero attached hydrogens (tertiary/aromatic N) is 3. The maximum absolute atomic E-state index is 6.58. The van der Waals surface area contributed by atoms with E-state index >= 15 is 0 Å². The minimum atomic E-state index is 0.531. The summed E-state index contributed by atoms with van der Waals surface area (Å²) in [5.74, 6) is 0.531.